The fourth-order valence-electron chi connectivity index (χ4n) is 3.01. The van der Waals surface area contributed by atoms with E-state index in [9.17, 15) is 19.2 Å². The molecule has 0 aliphatic heterocycles. The number of nitrogens with zero attached hydrogens (tertiary/aromatic N) is 1. The number of ether oxygens (including phenoxy) is 1. The van der Waals surface area contributed by atoms with Gasteiger partial charge in [-0.2, -0.15) is 0 Å². The van der Waals surface area contributed by atoms with E-state index in [-0.39, 0.29) is 0 Å². The molecular formula is C24H34N4O5. The first-order valence-electron chi connectivity index (χ1n) is 10.5. The molecule has 2 unspecified atom stereocenters. The minimum atomic E-state index is -1.43. The molecular weight excluding hydrogens is 424 g/mol. The molecule has 1 aromatic carbocycles. The van der Waals surface area contributed by atoms with E-state index >= 15 is 0 Å². The molecule has 0 aromatic heterocycles. The molecule has 0 saturated heterocycles. The maximum atomic E-state index is 13.4. The van der Waals surface area contributed by atoms with Crippen molar-refractivity contribution in [3.05, 3.63) is 35.4 Å². The molecule has 0 heterocycles. The number of alkyl carbamates (subject to hydrolysis) is 1. The fourth-order valence-corrected chi connectivity index (χ4v) is 3.01. The molecule has 0 aliphatic carbocycles. The SMILES string of the molecule is C#CN(C(=O)C(CC(N)=O)NC(=O)OC(C)(C)C)C(C(=O)NC(C)(C)C)c1ccccc1C. The highest BCUT2D eigenvalue weighted by atomic mass is 16.6. The monoisotopic (exact) mass is 458 g/mol. The zero-order chi connectivity index (χ0) is 25.6. The highest BCUT2D eigenvalue weighted by Crippen LogP contribution is 2.26. The Bertz CT molecular complexity index is 937. The second-order valence-electron chi connectivity index (χ2n) is 9.70. The lowest BCUT2D eigenvalue weighted by atomic mass is 9.97. The molecule has 1 aromatic rings. The van der Waals surface area contributed by atoms with Gasteiger partial charge in [0.2, 0.25) is 11.8 Å². The summed E-state index contributed by atoms with van der Waals surface area (Å²) in [5.41, 5.74) is 5.08. The standard InChI is InChI=1S/C24H34N4O5/c1-9-28(21(31)17(14-18(25)29)26-22(32)33-24(6,7)8)19(20(30)27-23(3,4)5)16-13-11-10-12-15(16)2/h1,10-13,17,19H,14H2,2-8H3,(H2,25,29)(H,26,32)(H,27,30). The van der Waals surface area contributed by atoms with E-state index in [1.807, 2.05) is 0 Å². The van der Waals surface area contributed by atoms with Gasteiger partial charge < -0.3 is 21.1 Å². The van der Waals surface area contributed by atoms with Crippen LogP contribution in [0.1, 0.15) is 65.1 Å². The van der Waals surface area contributed by atoms with Crippen molar-refractivity contribution in [2.75, 3.05) is 0 Å². The van der Waals surface area contributed by atoms with Crippen molar-refractivity contribution in [1.82, 2.24) is 15.5 Å². The second kappa shape index (κ2) is 10.9. The van der Waals surface area contributed by atoms with Crippen LogP contribution in [-0.4, -0.2) is 45.9 Å². The van der Waals surface area contributed by atoms with Gasteiger partial charge in [-0.1, -0.05) is 30.7 Å². The zero-order valence-corrected chi connectivity index (χ0v) is 20.3. The molecule has 1 rings (SSSR count). The van der Waals surface area contributed by atoms with E-state index in [2.05, 4.69) is 16.7 Å². The number of terminal acetylenes is 1. The summed E-state index contributed by atoms with van der Waals surface area (Å²) in [6, 6.07) is 6.59. The molecule has 33 heavy (non-hydrogen) atoms. The Balaban J connectivity index is 3.43. The molecule has 0 bridgehead atoms. The zero-order valence-electron chi connectivity index (χ0n) is 20.3. The highest BCUT2D eigenvalue weighted by Gasteiger charge is 2.38. The van der Waals surface area contributed by atoms with Crippen LogP contribution in [0.3, 0.4) is 0 Å². The molecule has 4 amide bonds. The Morgan fingerprint density at radius 1 is 1.12 bits per heavy atom. The number of hydrogen-bond acceptors (Lipinski definition) is 5. The van der Waals surface area contributed by atoms with Crippen LogP contribution in [0.2, 0.25) is 0 Å². The topological polar surface area (TPSA) is 131 Å². The first-order valence-corrected chi connectivity index (χ1v) is 10.5. The predicted molar refractivity (Wildman–Crippen MR) is 124 cm³/mol. The molecule has 4 N–H and O–H groups in total. The van der Waals surface area contributed by atoms with Crippen molar-refractivity contribution < 1.29 is 23.9 Å². The van der Waals surface area contributed by atoms with E-state index in [4.69, 9.17) is 16.9 Å². The summed E-state index contributed by atoms with van der Waals surface area (Å²) in [5.74, 6) is -2.20. The van der Waals surface area contributed by atoms with E-state index in [1.54, 1.807) is 72.7 Å². The molecule has 0 spiro atoms. The van der Waals surface area contributed by atoms with Crippen molar-refractivity contribution in [3.63, 3.8) is 0 Å². The Morgan fingerprint density at radius 3 is 2.15 bits per heavy atom. The van der Waals surface area contributed by atoms with Crippen LogP contribution in [0.15, 0.2) is 24.3 Å². The third kappa shape index (κ3) is 8.85. The first kappa shape index (κ1) is 27.5. The van der Waals surface area contributed by atoms with Gasteiger partial charge in [0.1, 0.15) is 17.7 Å². The second-order valence-corrected chi connectivity index (χ2v) is 9.70. The third-order valence-corrected chi connectivity index (χ3v) is 4.26. The maximum absolute atomic E-state index is 13.4. The van der Waals surface area contributed by atoms with Gasteiger partial charge in [0.15, 0.2) is 0 Å². The average Bonchev–Trinajstić information content (AvgIpc) is 2.62. The summed E-state index contributed by atoms with van der Waals surface area (Å²) >= 11 is 0. The molecule has 0 saturated carbocycles. The van der Waals surface area contributed by atoms with E-state index in [0.29, 0.717) is 5.56 Å². The quantitative estimate of drug-likeness (QED) is 0.426. The van der Waals surface area contributed by atoms with Gasteiger partial charge in [0.25, 0.3) is 5.91 Å². The van der Waals surface area contributed by atoms with Crippen LogP contribution in [0.5, 0.6) is 0 Å². The van der Waals surface area contributed by atoms with Crippen LogP contribution in [-0.2, 0) is 19.1 Å². The molecule has 0 aliphatic rings. The number of hydrogen-bond donors (Lipinski definition) is 3. The molecule has 9 nitrogen and oxygen atoms in total. The highest BCUT2D eigenvalue weighted by molar-refractivity contribution is 5.95. The van der Waals surface area contributed by atoms with Gasteiger partial charge in [-0.25, -0.2) is 4.79 Å². The van der Waals surface area contributed by atoms with Gasteiger partial charge in [-0.15, -0.1) is 0 Å². The minimum absolute atomic E-state index is 0.501. The number of carbonyl (C=O) groups is 4. The van der Waals surface area contributed by atoms with Gasteiger partial charge in [-0.05, 0) is 59.6 Å². The van der Waals surface area contributed by atoms with Gasteiger partial charge in [0.05, 0.1) is 6.42 Å². The lowest BCUT2D eigenvalue weighted by Crippen LogP contribution is -2.54. The molecule has 9 heteroatoms. The Kier molecular flexibility index (Phi) is 9.05. The van der Waals surface area contributed by atoms with Crippen LogP contribution < -0.4 is 16.4 Å². The summed E-state index contributed by atoms with van der Waals surface area (Å²) in [7, 11) is 0. The van der Waals surface area contributed by atoms with Gasteiger partial charge in [-0.3, -0.25) is 19.3 Å². The lowest BCUT2D eigenvalue weighted by Gasteiger charge is -2.32. The molecule has 2 atom stereocenters. The van der Waals surface area contributed by atoms with Crippen molar-refractivity contribution >= 4 is 23.8 Å². The summed E-state index contributed by atoms with van der Waals surface area (Å²) in [5, 5.41) is 5.18. The fraction of sp³-hybridized carbons (Fsp3) is 0.500. The number of benzene rings is 1. The van der Waals surface area contributed by atoms with E-state index < -0.39 is 53.5 Å². The average molecular weight is 459 g/mol. The maximum Gasteiger partial charge on any atom is 0.408 e. The van der Waals surface area contributed by atoms with Crippen molar-refractivity contribution in [3.8, 4) is 12.5 Å². The molecule has 0 radical (unpaired) electrons. The van der Waals surface area contributed by atoms with E-state index in [0.717, 1.165) is 10.5 Å². The smallest absolute Gasteiger partial charge is 0.408 e. The Labute approximate surface area is 195 Å². The van der Waals surface area contributed by atoms with Crippen LogP contribution >= 0.6 is 0 Å². The molecule has 0 fully saturated rings. The van der Waals surface area contributed by atoms with Crippen LogP contribution in [0.25, 0.3) is 0 Å². The third-order valence-electron chi connectivity index (χ3n) is 4.26. The number of aryl methyl sites for hydroxylation is 1. The Hall–Kier alpha value is -3.54. The number of nitrogens with one attached hydrogen (secondary N) is 2. The largest absolute Gasteiger partial charge is 0.444 e. The van der Waals surface area contributed by atoms with Gasteiger partial charge in [0, 0.05) is 11.6 Å². The van der Waals surface area contributed by atoms with Crippen molar-refractivity contribution in [2.45, 2.75) is 78.1 Å². The lowest BCUT2D eigenvalue weighted by molar-refractivity contribution is -0.140. The molecule has 180 valence electrons. The number of carbonyl (C=O) groups excluding carboxylic acids is 4. The number of nitrogens with two attached hydrogens (primary N) is 1. The summed E-state index contributed by atoms with van der Waals surface area (Å²) in [4.78, 5) is 51.5. The number of amides is 4. The Morgan fingerprint density at radius 2 is 1.70 bits per heavy atom. The summed E-state index contributed by atoms with van der Waals surface area (Å²) < 4.78 is 5.19. The summed E-state index contributed by atoms with van der Waals surface area (Å²) in [6.45, 7) is 12.1. The van der Waals surface area contributed by atoms with Crippen LogP contribution in [0, 0.1) is 19.4 Å². The number of primary amides is 1. The number of rotatable bonds is 7. The van der Waals surface area contributed by atoms with Crippen molar-refractivity contribution in [2.24, 2.45) is 5.73 Å². The first-order chi connectivity index (χ1) is 15.1. The van der Waals surface area contributed by atoms with Gasteiger partial charge >= 0.3 is 6.09 Å². The van der Waals surface area contributed by atoms with E-state index in [1.165, 1.54) is 0 Å². The predicted octanol–water partition coefficient (Wildman–Crippen LogP) is 2.14. The normalized spacial score (nSPS) is 13.2. The van der Waals surface area contributed by atoms with Crippen LogP contribution in [0.4, 0.5) is 4.79 Å². The minimum Gasteiger partial charge on any atom is -0.444 e. The van der Waals surface area contributed by atoms with Crippen molar-refractivity contribution in [1.29, 1.82) is 0 Å². The summed E-state index contributed by atoms with van der Waals surface area (Å²) in [6.07, 6.45) is 4.22.